The SMILES string of the molecule is C=C(N)N1CCC(NC(=O)[C@H](Cc2ccccc2)NC(=O)[C@@H](CC2CCCCC2)NCC(=O)OC)CC1. The fraction of sp³-hybridized carbons (Fsp3) is 0.607. The molecule has 0 aromatic heterocycles. The van der Waals surface area contributed by atoms with Crippen molar-refractivity contribution in [3.8, 4) is 0 Å². The first-order valence-electron chi connectivity index (χ1n) is 13.5. The number of hydrogen-bond donors (Lipinski definition) is 4. The van der Waals surface area contributed by atoms with Crippen LogP contribution in [0.15, 0.2) is 42.7 Å². The Labute approximate surface area is 220 Å². The number of amides is 2. The molecule has 3 rings (SSSR count). The molecule has 1 saturated heterocycles. The standard InChI is InChI=1S/C28H43N5O4/c1-20(29)33-15-13-23(14-16-33)31-28(36)25(18-22-11-7-4-8-12-22)32-27(35)24(30-19-26(34)37-2)17-21-9-5-3-6-10-21/h4,7-8,11-12,21,23-25,30H,1,3,5-6,9-10,13-19,29H2,2H3,(H,31,36)(H,32,35)/t24-,25+/m1/s1. The molecule has 1 aromatic carbocycles. The second-order valence-corrected chi connectivity index (χ2v) is 10.3. The largest absolute Gasteiger partial charge is 0.468 e. The van der Waals surface area contributed by atoms with Crippen LogP contribution >= 0.6 is 0 Å². The van der Waals surface area contributed by atoms with Gasteiger partial charge in [0.05, 0.1) is 25.5 Å². The number of methoxy groups -OCH3 is 1. The van der Waals surface area contributed by atoms with E-state index in [9.17, 15) is 14.4 Å². The Hall–Kier alpha value is -3.07. The molecule has 0 unspecified atom stereocenters. The molecule has 0 bridgehead atoms. The third kappa shape index (κ3) is 9.39. The number of nitrogens with one attached hydrogen (secondary N) is 3. The van der Waals surface area contributed by atoms with Crippen LogP contribution < -0.4 is 21.7 Å². The van der Waals surface area contributed by atoms with Crippen molar-refractivity contribution in [2.75, 3.05) is 26.7 Å². The monoisotopic (exact) mass is 513 g/mol. The summed E-state index contributed by atoms with van der Waals surface area (Å²) in [7, 11) is 1.33. The molecule has 2 atom stereocenters. The van der Waals surface area contributed by atoms with E-state index in [1.54, 1.807) is 0 Å². The van der Waals surface area contributed by atoms with Gasteiger partial charge in [0.2, 0.25) is 11.8 Å². The fourth-order valence-electron chi connectivity index (χ4n) is 5.26. The maximum atomic E-state index is 13.5. The number of ether oxygens (including phenoxy) is 1. The van der Waals surface area contributed by atoms with Crippen molar-refractivity contribution >= 4 is 17.8 Å². The number of carbonyl (C=O) groups is 3. The Bertz CT molecular complexity index is 895. The van der Waals surface area contributed by atoms with Gasteiger partial charge in [-0.15, -0.1) is 0 Å². The molecule has 9 heteroatoms. The van der Waals surface area contributed by atoms with E-state index in [-0.39, 0.29) is 24.4 Å². The van der Waals surface area contributed by atoms with Gasteiger partial charge in [0, 0.05) is 25.6 Å². The number of nitrogens with zero attached hydrogens (tertiary/aromatic N) is 1. The lowest BCUT2D eigenvalue weighted by molar-refractivity contribution is -0.140. The highest BCUT2D eigenvalue weighted by atomic mass is 16.5. The van der Waals surface area contributed by atoms with Crippen molar-refractivity contribution < 1.29 is 19.1 Å². The summed E-state index contributed by atoms with van der Waals surface area (Å²) in [4.78, 5) is 40.7. The molecule has 2 fully saturated rings. The van der Waals surface area contributed by atoms with Crippen LogP contribution in [0.4, 0.5) is 0 Å². The van der Waals surface area contributed by atoms with Gasteiger partial charge in [0.15, 0.2) is 0 Å². The van der Waals surface area contributed by atoms with Gasteiger partial charge in [-0.3, -0.25) is 19.7 Å². The zero-order valence-electron chi connectivity index (χ0n) is 22.0. The van der Waals surface area contributed by atoms with Gasteiger partial charge in [-0.05, 0) is 30.7 Å². The van der Waals surface area contributed by atoms with Crippen molar-refractivity contribution in [1.82, 2.24) is 20.9 Å². The Morgan fingerprint density at radius 3 is 2.32 bits per heavy atom. The van der Waals surface area contributed by atoms with Gasteiger partial charge in [-0.2, -0.15) is 0 Å². The third-order valence-electron chi connectivity index (χ3n) is 7.49. The van der Waals surface area contributed by atoms with E-state index < -0.39 is 18.1 Å². The predicted molar refractivity (Wildman–Crippen MR) is 143 cm³/mol. The molecule has 2 amide bonds. The summed E-state index contributed by atoms with van der Waals surface area (Å²) in [5.41, 5.74) is 6.77. The predicted octanol–water partition coefficient (Wildman–Crippen LogP) is 1.83. The highest BCUT2D eigenvalue weighted by Crippen LogP contribution is 2.27. The quantitative estimate of drug-likeness (QED) is 0.314. The molecular formula is C28H43N5O4. The minimum absolute atomic E-state index is 0.00811. The minimum atomic E-state index is -0.730. The van der Waals surface area contributed by atoms with Crippen LogP contribution in [-0.4, -0.2) is 67.6 Å². The van der Waals surface area contributed by atoms with Gasteiger partial charge < -0.3 is 26.0 Å². The third-order valence-corrected chi connectivity index (χ3v) is 7.49. The van der Waals surface area contributed by atoms with Crippen LogP contribution in [0.1, 0.15) is 56.9 Å². The van der Waals surface area contributed by atoms with Gasteiger partial charge in [0.1, 0.15) is 6.04 Å². The molecule has 1 aliphatic heterocycles. The van der Waals surface area contributed by atoms with Crippen LogP contribution in [0.3, 0.4) is 0 Å². The number of likely N-dealkylation sites (tertiary alicyclic amines) is 1. The van der Waals surface area contributed by atoms with Crippen LogP contribution in [0.2, 0.25) is 0 Å². The number of piperidine rings is 1. The molecule has 1 saturated carbocycles. The molecule has 5 N–H and O–H groups in total. The second kappa shape index (κ2) is 14.6. The van der Waals surface area contributed by atoms with E-state index in [0.717, 1.165) is 57.2 Å². The summed E-state index contributed by atoms with van der Waals surface area (Å²) in [5.74, 6) is 0.0685. The zero-order chi connectivity index (χ0) is 26.6. The zero-order valence-corrected chi connectivity index (χ0v) is 22.0. The summed E-state index contributed by atoms with van der Waals surface area (Å²) < 4.78 is 4.76. The van der Waals surface area contributed by atoms with Gasteiger partial charge in [-0.25, -0.2) is 0 Å². The van der Waals surface area contributed by atoms with E-state index in [1.165, 1.54) is 13.5 Å². The van der Waals surface area contributed by atoms with Crippen LogP contribution in [0.25, 0.3) is 0 Å². The molecule has 204 valence electrons. The number of rotatable bonds is 12. The molecule has 0 radical (unpaired) electrons. The summed E-state index contributed by atoms with van der Waals surface area (Å²) in [6.45, 7) is 5.21. The van der Waals surface area contributed by atoms with Gasteiger partial charge in [-0.1, -0.05) is 69.0 Å². The molecule has 1 heterocycles. The second-order valence-electron chi connectivity index (χ2n) is 10.3. The number of carbonyl (C=O) groups excluding carboxylic acids is 3. The maximum Gasteiger partial charge on any atom is 0.319 e. The maximum absolute atomic E-state index is 13.5. The van der Waals surface area contributed by atoms with Gasteiger partial charge >= 0.3 is 5.97 Å². The lowest BCUT2D eigenvalue weighted by atomic mass is 9.84. The number of hydrogen-bond acceptors (Lipinski definition) is 7. The summed E-state index contributed by atoms with van der Waals surface area (Å²) in [6, 6.07) is 8.37. The highest BCUT2D eigenvalue weighted by molar-refractivity contribution is 5.90. The van der Waals surface area contributed by atoms with Crippen molar-refractivity contribution in [2.24, 2.45) is 11.7 Å². The fourth-order valence-corrected chi connectivity index (χ4v) is 5.26. The number of esters is 1. The first kappa shape index (κ1) is 28.5. The Balaban J connectivity index is 1.68. The van der Waals surface area contributed by atoms with E-state index in [1.807, 2.05) is 35.2 Å². The van der Waals surface area contributed by atoms with E-state index >= 15 is 0 Å². The molecule has 9 nitrogen and oxygen atoms in total. The molecule has 1 aliphatic carbocycles. The van der Waals surface area contributed by atoms with E-state index in [0.29, 0.717) is 24.6 Å². The Morgan fingerprint density at radius 1 is 1.03 bits per heavy atom. The average molecular weight is 514 g/mol. The molecule has 37 heavy (non-hydrogen) atoms. The van der Waals surface area contributed by atoms with Crippen LogP contribution in [0.5, 0.6) is 0 Å². The normalized spacial score (nSPS) is 18.5. The average Bonchev–Trinajstić information content (AvgIpc) is 2.91. The van der Waals surface area contributed by atoms with Crippen molar-refractivity contribution in [3.63, 3.8) is 0 Å². The summed E-state index contributed by atoms with van der Waals surface area (Å²) in [5, 5.41) is 9.22. The van der Waals surface area contributed by atoms with E-state index in [2.05, 4.69) is 22.5 Å². The Kier molecular flexibility index (Phi) is 11.3. The van der Waals surface area contributed by atoms with Crippen LogP contribution in [-0.2, 0) is 25.5 Å². The minimum Gasteiger partial charge on any atom is -0.468 e. The van der Waals surface area contributed by atoms with Crippen molar-refractivity contribution in [2.45, 2.75) is 75.9 Å². The molecular weight excluding hydrogens is 470 g/mol. The highest BCUT2D eigenvalue weighted by Gasteiger charge is 2.30. The number of benzene rings is 1. The van der Waals surface area contributed by atoms with Gasteiger partial charge in [0.25, 0.3) is 0 Å². The van der Waals surface area contributed by atoms with E-state index in [4.69, 9.17) is 10.5 Å². The van der Waals surface area contributed by atoms with Crippen LogP contribution in [0, 0.1) is 5.92 Å². The summed E-state index contributed by atoms with van der Waals surface area (Å²) in [6.07, 6.45) is 8.22. The lowest BCUT2D eigenvalue weighted by Crippen LogP contribution is -2.56. The topological polar surface area (TPSA) is 126 Å². The Morgan fingerprint density at radius 2 is 1.70 bits per heavy atom. The number of nitrogens with two attached hydrogens (primary N) is 1. The summed E-state index contributed by atoms with van der Waals surface area (Å²) >= 11 is 0. The van der Waals surface area contributed by atoms with Crippen molar-refractivity contribution in [1.29, 1.82) is 0 Å². The molecule has 1 aromatic rings. The lowest BCUT2D eigenvalue weighted by Gasteiger charge is -2.34. The smallest absolute Gasteiger partial charge is 0.319 e. The first-order valence-corrected chi connectivity index (χ1v) is 13.5. The molecule has 2 aliphatic rings. The van der Waals surface area contributed by atoms with Crippen molar-refractivity contribution in [3.05, 3.63) is 48.3 Å². The first-order chi connectivity index (χ1) is 17.9. The molecule has 0 spiro atoms.